The molecule has 0 bridgehead atoms. The van der Waals surface area contributed by atoms with Gasteiger partial charge in [0.25, 0.3) is 0 Å². The van der Waals surface area contributed by atoms with Gasteiger partial charge >= 0.3 is 6.18 Å². The van der Waals surface area contributed by atoms with Crippen LogP contribution >= 0.6 is 0 Å². The van der Waals surface area contributed by atoms with E-state index in [1.165, 1.54) is 77.6 Å². The van der Waals surface area contributed by atoms with E-state index in [0.717, 1.165) is 23.7 Å². The molecule has 0 saturated carbocycles. The van der Waals surface area contributed by atoms with Gasteiger partial charge in [0.05, 0.1) is 0 Å². The van der Waals surface area contributed by atoms with Crippen molar-refractivity contribution in [3.63, 3.8) is 0 Å². The van der Waals surface area contributed by atoms with Crippen LogP contribution in [0.25, 0.3) is 0 Å². The Kier molecular flexibility index (Phi) is 98.4. The van der Waals surface area contributed by atoms with Crippen molar-refractivity contribution in [1.82, 2.24) is 0 Å². The minimum absolute atomic E-state index is 0. The summed E-state index contributed by atoms with van der Waals surface area (Å²) >= 11 is 0. The third kappa shape index (κ3) is 228. The number of hydrogen-bond donors (Lipinski definition) is 0. The quantitative estimate of drug-likeness (QED) is 0.245. The third-order valence-electron chi connectivity index (χ3n) is 5.06. The van der Waals surface area contributed by atoms with E-state index in [-0.39, 0.29) is 13.8 Å². The van der Waals surface area contributed by atoms with Crippen LogP contribution in [0.3, 0.4) is 0 Å². The van der Waals surface area contributed by atoms with Gasteiger partial charge < -0.3 is 0 Å². The van der Waals surface area contributed by atoms with Crippen LogP contribution in [-0.2, 0) is 0 Å². The van der Waals surface area contributed by atoms with Gasteiger partial charge in [0.2, 0.25) is 0 Å². The molecule has 264 valence electrons. The SMILES string of the molecule is C.CCC.CCC(C)C.CCC(C)C.CCC(C)C.CCCC.CCCC(C)C.CCCC(F)(F)F.CCCCC. The lowest BCUT2D eigenvalue weighted by molar-refractivity contribution is -0.134. The summed E-state index contributed by atoms with van der Waals surface area (Å²) in [5.41, 5.74) is 0. The summed E-state index contributed by atoms with van der Waals surface area (Å²) in [4.78, 5) is 0. The second-order valence-corrected chi connectivity index (χ2v) is 12.0. The van der Waals surface area contributed by atoms with Crippen molar-refractivity contribution in [1.29, 1.82) is 0 Å². The van der Waals surface area contributed by atoms with Gasteiger partial charge in [0.1, 0.15) is 0 Å². The number of alkyl halides is 3. The van der Waals surface area contributed by atoms with Crippen molar-refractivity contribution in [2.75, 3.05) is 0 Å². The Morgan fingerprint density at radius 2 is 0.659 bits per heavy atom. The molecule has 0 rings (SSSR count). The normalized spacial score (nSPS) is 9.22. The highest BCUT2D eigenvalue weighted by Gasteiger charge is 2.24. The molecule has 0 amide bonds. The molecule has 0 nitrogen and oxygen atoms in total. The van der Waals surface area contributed by atoms with Gasteiger partial charge in [0, 0.05) is 6.42 Å². The van der Waals surface area contributed by atoms with Crippen molar-refractivity contribution in [3.8, 4) is 0 Å². The highest BCUT2D eigenvalue weighted by molar-refractivity contribution is 4.45. The third-order valence-corrected chi connectivity index (χ3v) is 5.06. The van der Waals surface area contributed by atoms with E-state index in [9.17, 15) is 13.2 Å². The van der Waals surface area contributed by atoms with Gasteiger partial charge in [-0.1, -0.05) is 210 Å². The van der Waals surface area contributed by atoms with Crippen molar-refractivity contribution in [2.45, 2.75) is 229 Å². The average molecular weight is 605 g/mol. The summed E-state index contributed by atoms with van der Waals surface area (Å²) in [7, 11) is 0. The van der Waals surface area contributed by atoms with Crippen molar-refractivity contribution in [2.24, 2.45) is 23.7 Å². The van der Waals surface area contributed by atoms with Crippen molar-refractivity contribution < 1.29 is 13.2 Å². The van der Waals surface area contributed by atoms with Gasteiger partial charge in [0.15, 0.2) is 0 Å². The van der Waals surface area contributed by atoms with Gasteiger partial charge in [-0.15, -0.1) is 0 Å². The Balaban J connectivity index is -0.0000000410. The van der Waals surface area contributed by atoms with Gasteiger partial charge in [-0.25, -0.2) is 0 Å². The van der Waals surface area contributed by atoms with Crippen molar-refractivity contribution >= 4 is 0 Å². The predicted octanol–water partition coefficient (Wildman–Crippen LogP) is 17.0. The van der Waals surface area contributed by atoms with Crippen LogP contribution in [0.15, 0.2) is 0 Å². The summed E-state index contributed by atoms with van der Waals surface area (Å²) < 4.78 is 33.2. The molecule has 0 aliphatic heterocycles. The maximum absolute atomic E-state index is 11.1. The molecule has 0 spiro atoms. The molecule has 41 heavy (non-hydrogen) atoms. The molecule has 0 unspecified atom stereocenters. The topological polar surface area (TPSA) is 0 Å². The number of unbranched alkanes of at least 4 members (excludes halogenated alkanes) is 3. The first-order valence-electron chi connectivity index (χ1n) is 17.5. The van der Waals surface area contributed by atoms with Crippen LogP contribution in [0.2, 0.25) is 0 Å². The smallest absolute Gasteiger partial charge is 0.171 e. The average Bonchev–Trinajstić information content (AvgIpc) is 2.86. The van der Waals surface area contributed by atoms with E-state index in [2.05, 4.69) is 125 Å². The van der Waals surface area contributed by atoms with E-state index < -0.39 is 12.6 Å². The Hall–Kier alpha value is -0.210. The molecule has 3 heteroatoms. The summed E-state index contributed by atoms with van der Waals surface area (Å²) in [5, 5.41) is 0. The minimum atomic E-state index is -3.95. The van der Waals surface area contributed by atoms with E-state index >= 15 is 0 Å². The predicted molar refractivity (Wildman–Crippen MR) is 195 cm³/mol. The second-order valence-electron chi connectivity index (χ2n) is 12.0. The van der Waals surface area contributed by atoms with E-state index in [0.29, 0.717) is 0 Å². The zero-order valence-electron chi connectivity index (χ0n) is 32.1. The molecular formula is C38H91F3. The van der Waals surface area contributed by atoms with Crippen LogP contribution in [0.1, 0.15) is 222 Å². The second kappa shape index (κ2) is 63.2. The van der Waals surface area contributed by atoms with Crippen LogP contribution in [0, 0.1) is 23.7 Å². The minimum Gasteiger partial charge on any atom is -0.171 e. The van der Waals surface area contributed by atoms with E-state index in [4.69, 9.17) is 0 Å². The molecular weight excluding hydrogens is 513 g/mol. The lowest BCUT2D eigenvalue weighted by Gasteiger charge is -2.00. The highest BCUT2D eigenvalue weighted by Crippen LogP contribution is 2.20. The number of rotatable bonds is 9. The molecule has 0 fully saturated rings. The van der Waals surface area contributed by atoms with Gasteiger partial charge in [-0.05, 0) is 30.1 Å². The molecule has 0 aliphatic carbocycles. The molecule has 0 heterocycles. The standard InChI is InChI=1S/C6H14.4C5H12.C4H7F3.C4H10.C3H8.CH4/c1-4-5-6(2)3;3*1-4-5(2)3;1-3-5-4-2;1-2-3-4(5,6)7;1-3-4-2;1-3-2;/h6H,4-5H2,1-3H3;3*5H,4H2,1-3H3;3-5H2,1-2H3;2-3H2,1H3;3-4H2,1-2H3;3H2,1-2H3;1H4. The fourth-order valence-corrected chi connectivity index (χ4v) is 1.21. The first-order chi connectivity index (χ1) is 18.4. The van der Waals surface area contributed by atoms with E-state index in [1.54, 1.807) is 0 Å². The first-order valence-corrected chi connectivity index (χ1v) is 17.5. The largest absolute Gasteiger partial charge is 0.389 e. The fraction of sp³-hybridized carbons (Fsp3) is 1.00. The molecule has 0 N–H and O–H groups in total. The fourth-order valence-electron chi connectivity index (χ4n) is 1.21. The Bertz CT molecular complexity index is 282. The number of halogens is 3. The maximum atomic E-state index is 11.1. The van der Waals surface area contributed by atoms with E-state index in [1.807, 2.05) is 0 Å². The summed E-state index contributed by atoms with van der Waals surface area (Å²) in [6, 6.07) is 0. The molecule has 0 radical (unpaired) electrons. The monoisotopic (exact) mass is 605 g/mol. The summed E-state index contributed by atoms with van der Waals surface area (Å²) in [5.74, 6) is 3.55. The first kappa shape index (κ1) is 63.9. The molecule has 0 saturated heterocycles. The molecule has 0 aromatic carbocycles. The Labute approximate surface area is 265 Å². The maximum Gasteiger partial charge on any atom is 0.389 e. The van der Waals surface area contributed by atoms with Crippen LogP contribution < -0.4 is 0 Å². The van der Waals surface area contributed by atoms with Gasteiger partial charge in [-0.2, -0.15) is 13.2 Å². The molecule has 0 atom stereocenters. The lowest BCUT2D eigenvalue weighted by atomic mass is 10.1. The Morgan fingerprint density at radius 1 is 0.415 bits per heavy atom. The molecule has 0 aliphatic rings. The zero-order valence-corrected chi connectivity index (χ0v) is 32.1. The molecule has 0 aromatic rings. The Morgan fingerprint density at radius 3 is 0.659 bits per heavy atom. The molecule has 0 aromatic heterocycles. The van der Waals surface area contributed by atoms with Crippen LogP contribution in [0.4, 0.5) is 13.2 Å². The van der Waals surface area contributed by atoms with Gasteiger partial charge in [-0.3, -0.25) is 0 Å². The summed E-state index contributed by atoms with van der Waals surface area (Å²) in [6.45, 7) is 41.2. The highest BCUT2D eigenvalue weighted by atomic mass is 19.4. The summed E-state index contributed by atoms with van der Waals surface area (Å²) in [6.07, 6.45) is 10.2. The van der Waals surface area contributed by atoms with Crippen molar-refractivity contribution in [3.05, 3.63) is 0 Å². The van der Waals surface area contributed by atoms with Crippen LogP contribution in [0.5, 0.6) is 0 Å². The zero-order chi connectivity index (χ0) is 34.0. The number of hydrogen-bond acceptors (Lipinski definition) is 0. The lowest BCUT2D eigenvalue weighted by Crippen LogP contribution is -2.04. The van der Waals surface area contributed by atoms with Crippen LogP contribution in [-0.4, -0.2) is 6.18 Å².